The first kappa shape index (κ1) is 23.0. The average molecular weight is 500 g/mol. The van der Waals surface area contributed by atoms with Crippen molar-refractivity contribution < 1.29 is 22.6 Å². The summed E-state index contributed by atoms with van der Waals surface area (Å²) in [4.78, 5) is 4.49. The lowest BCUT2D eigenvalue weighted by Crippen LogP contribution is -2.17. The third-order valence-electron chi connectivity index (χ3n) is 5.37. The molecule has 0 fully saturated rings. The van der Waals surface area contributed by atoms with Crippen molar-refractivity contribution in [2.24, 2.45) is 0 Å². The second kappa shape index (κ2) is 9.09. The van der Waals surface area contributed by atoms with E-state index in [0.717, 1.165) is 16.9 Å². The van der Waals surface area contributed by atoms with E-state index in [-0.39, 0.29) is 18.8 Å². The highest BCUT2D eigenvalue weighted by atomic mass is 35.5. The van der Waals surface area contributed by atoms with Crippen LogP contribution >= 0.6 is 11.6 Å². The van der Waals surface area contributed by atoms with E-state index in [4.69, 9.17) is 16.3 Å². The van der Waals surface area contributed by atoms with E-state index < -0.39 is 6.36 Å². The molecule has 7 nitrogen and oxygen atoms in total. The first-order valence-corrected chi connectivity index (χ1v) is 10.8. The number of ether oxygens (including phenoxy) is 2. The number of nitrogens with zero attached hydrogens (tertiary/aromatic N) is 5. The van der Waals surface area contributed by atoms with E-state index in [9.17, 15) is 13.2 Å². The molecular weight excluding hydrogens is 483 g/mol. The Morgan fingerprint density at radius 1 is 1.14 bits per heavy atom. The van der Waals surface area contributed by atoms with Crippen LogP contribution in [0.3, 0.4) is 0 Å². The minimum Gasteiger partial charge on any atom is -0.406 e. The molecule has 35 heavy (non-hydrogen) atoms. The predicted molar refractivity (Wildman–Crippen MR) is 121 cm³/mol. The summed E-state index contributed by atoms with van der Waals surface area (Å²) in [5.74, 6) is 7.07. The lowest BCUT2D eigenvalue weighted by Gasteiger charge is -2.09. The molecule has 11 heteroatoms. The maximum absolute atomic E-state index is 12.5. The van der Waals surface area contributed by atoms with Gasteiger partial charge < -0.3 is 14.0 Å². The molecule has 3 heterocycles. The van der Waals surface area contributed by atoms with Gasteiger partial charge >= 0.3 is 6.36 Å². The Hall–Kier alpha value is -3.81. The number of methoxy groups -OCH3 is 1. The minimum atomic E-state index is -4.75. The second-order valence-electron chi connectivity index (χ2n) is 7.70. The van der Waals surface area contributed by atoms with E-state index in [1.165, 1.54) is 18.2 Å². The van der Waals surface area contributed by atoms with Crippen molar-refractivity contribution in [1.29, 1.82) is 0 Å². The summed E-state index contributed by atoms with van der Waals surface area (Å²) in [5.41, 5.74) is 3.57. The fourth-order valence-corrected chi connectivity index (χ4v) is 4.08. The Balaban J connectivity index is 1.50. The molecule has 0 radical (unpaired) electrons. The topological polar surface area (TPSA) is 67.0 Å². The number of alkyl halides is 3. The molecule has 0 amide bonds. The number of hydrogen-bond donors (Lipinski definition) is 0. The predicted octanol–water partition coefficient (Wildman–Crippen LogP) is 4.79. The van der Waals surface area contributed by atoms with Crippen LogP contribution in [0.2, 0.25) is 5.02 Å². The monoisotopic (exact) mass is 499 g/mol. The van der Waals surface area contributed by atoms with E-state index in [1.54, 1.807) is 25.6 Å². The molecule has 0 N–H and O–H groups in total. The highest BCUT2D eigenvalue weighted by Crippen LogP contribution is 2.34. The van der Waals surface area contributed by atoms with Crippen molar-refractivity contribution in [3.8, 4) is 34.7 Å². The Bertz CT molecular complexity index is 1470. The molecule has 0 atom stereocenters. The van der Waals surface area contributed by atoms with Gasteiger partial charge in [0.25, 0.3) is 0 Å². The zero-order chi connectivity index (χ0) is 24.6. The first-order chi connectivity index (χ1) is 16.8. The summed E-state index contributed by atoms with van der Waals surface area (Å²) in [6.07, 6.45) is -2.85. The van der Waals surface area contributed by atoms with Crippen molar-refractivity contribution in [2.45, 2.75) is 25.9 Å². The molecular formula is C24H17ClF3N5O2. The van der Waals surface area contributed by atoms with Gasteiger partial charge in [-0.2, -0.15) is 0 Å². The zero-order valence-electron chi connectivity index (χ0n) is 18.3. The molecule has 0 bridgehead atoms. The number of imidazole rings is 1. The van der Waals surface area contributed by atoms with Crippen LogP contribution in [0.5, 0.6) is 5.75 Å². The summed E-state index contributed by atoms with van der Waals surface area (Å²) in [6.45, 7) is 0.667. The largest absolute Gasteiger partial charge is 0.573 e. The number of halogens is 4. The number of fused-ring (bicyclic) bond motifs is 5. The third-order valence-corrected chi connectivity index (χ3v) is 5.60. The molecule has 0 unspecified atom stereocenters. The normalized spacial score (nSPS) is 12.1. The van der Waals surface area contributed by atoms with Crippen LogP contribution in [0.15, 0.2) is 48.8 Å². The standard InChI is InChI=1S/C24H17ClF3N5O2/c1-34-13-22-30-31-23-18-11-16(25)8-9-20(18)33-14-29-19(21(33)12-32(22)23)7-3-5-15-4-2-6-17(10-15)35-24(26,27)28/h2,4,6,8-11,14H,5,12-13H2,1H3. The third kappa shape index (κ3) is 4.73. The van der Waals surface area contributed by atoms with Crippen molar-refractivity contribution >= 4 is 11.6 Å². The Morgan fingerprint density at radius 2 is 2.00 bits per heavy atom. The fraction of sp³-hybridized carbons (Fsp3) is 0.208. The van der Waals surface area contributed by atoms with Crippen molar-refractivity contribution in [1.82, 2.24) is 24.3 Å². The Kier molecular flexibility index (Phi) is 5.96. The quantitative estimate of drug-likeness (QED) is 0.333. The number of hydrogen-bond acceptors (Lipinski definition) is 5. The van der Waals surface area contributed by atoms with E-state index in [0.29, 0.717) is 34.5 Å². The van der Waals surface area contributed by atoms with Crippen molar-refractivity contribution in [3.05, 3.63) is 76.6 Å². The molecule has 2 aromatic heterocycles. The van der Waals surface area contributed by atoms with Gasteiger partial charge in [0.15, 0.2) is 11.6 Å². The van der Waals surface area contributed by atoms with Gasteiger partial charge in [-0.3, -0.25) is 4.57 Å². The number of rotatable bonds is 4. The first-order valence-electron chi connectivity index (χ1n) is 10.4. The smallest absolute Gasteiger partial charge is 0.406 e. The summed E-state index contributed by atoms with van der Waals surface area (Å²) in [5, 5.41) is 9.19. The lowest BCUT2D eigenvalue weighted by molar-refractivity contribution is -0.274. The van der Waals surface area contributed by atoms with Gasteiger partial charge in [0.2, 0.25) is 0 Å². The van der Waals surface area contributed by atoms with Gasteiger partial charge in [-0.25, -0.2) is 4.98 Å². The summed E-state index contributed by atoms with van der Waals surface area (Å²) in [7, 11) is 1.58. The van der Waals surface area contributed by atoms with E-state index in [1.807, 2.05) is 21.3 Å². The van der Waals surface area contributed by atoms with Crippen molar-refractivity contribution in [3.63, 3.8) is 0 Å². The Morgan fingerprint density at radius 3 is 2.80 bits per heavy atom. The Labute approximate surface area is 203 Å². The molecule has 178 valence electrons. The summed E-state index contributed by atoms with van der Waals surface area (Å²) >= 11 is 6.27. The molecule has 4 aromatic rings. The summed E-state index contributed by atoms with van der Waals surface area (Å²) < 4.78 is 50.6. The second-order valence-corrected chi connectivity index (χ2v) is 8.14. The fourth-order valence-electron chi connectivity index (χ4n) is 3.90. The molecule has 0 saturated carbocycles. The van der Waals surface area contributed by atoms with Gasteiger partial charge in [-0.1, -0.05) is 29.7 Å². The van der Waals surface area contributed by atoms with E-state index in [2.05, 4.69) is 31.8 Å². The van der Waals surface area contributed by atoms with Gasteiger partial charge in [0, 0.05) is 24.1 Å². The number of benzene rings is 2. The van der Waals surface area contributed by atoms with Crippen molar-refractivity contribution in [2.75, 3.05) is 7.11 Å². The number of aromatic nitrogens is 5. The molecule has 1 aliphatic rings. The van der Waals surface area contributed by atoms with E-state index >= 15 is 0 Å². The highest BCUT2D eigenvalue weighted by Gasteiger charge is 2.31. The minimum absolute atomic E-state index is 0.223. The van der Waals surface area contributed by atoms with Crippen LogP contribution in [0, 0.1) is 11.8 Å². The zero-order valence-corrected chi connectivity index (χ0v) is 19.1. The molecule has 0 aliphatic carbocycles. The van der Waals surface area contributed by atoms with Gasteiger partial charge in [0.1, 0.15) is 24.4 Å². The highest BCUT2D eigenvalue weighted by molar-refractivity contribution is 6.31. The maximum Gasteiger partial charge on any atom is 0.573 e. The average Bonchev–Trinajstić information content (AvgIpc) is 3.34. The molecule has 0 spiro atoms. The molecule has 1 aliphatic heterocycles. The van der Waals surface area contributed by atoms with Gasteiger partial charge in [0.05, 0.1) is 17.9 Å². The lowest BCUT2D eigenvalue weighted by atomic mass is 10.1. The molecule has 5 rings (SSSR count). The molecule has 2 aromatic carbocycles. The van der Waals surface area contributed by atoms with Gasteiger partial charge in [-0.15, -0.1) is 23.4 Å². The summed E-state index contributed by atoms with van der Waals surface area (Å²) in [6, 6.07) is 11.2. The van der Waals surface area contributed by atoms with Crippen LogP contribution in [0.25, 0.3) is 17.1 Å². The maximum atomic E-state index is 12.5. The molecule has 0 saturated heterocycles. The van der Waals surface area contributed by atoms with Crippen LogP contribution < -0.4 is 4.74 Å². The van der Waals surface area contributed by atoms with Crippen LogP contribution in [-0.2, 0) is 24.3 Å². The van der Waals surface area contributed by atoms with Crippen LogP contribution in [-0.4, -0.2) is 37.8 Å². The van der Waals surface area contributed by atoms with Crippen LogP contribution in [0.1, 0.15) is 22.8 Å². The van der Waals surface area contributed by atoms with Crippen LogP contribution in [0.4, 0.5) is 13.2 Å². The van der Waals surface area contributed by atoms with Gasteiger partial charge in [-0.05, 0) is 41.8 Å². The SMILES string of the molecule is COCc1nnc2n1Cc1c(C#CCc3cccc(OC(F)(F)F)c3)ncn1-c1ccc(Cl)cc1-2.